The van der Waals surface area contributed by atoms with Crippen molar-refractivity contribution in [3.8, 4) is 5.69 Å². The van der Waals surface area contributed by atoms with E-state index in [1.165, 1.54) is 0 Å². The number of aromatic nitrogens is 2. The van der Waals surface area contributed by atoms with Gasteiger partial charge >= 0.3 is 0 Å². The van der Waals surface area contributed by atoms with Crippen molar-refractivity contribution in [2.45, 2.75) is 32.4 Å². The number of carbonyl (C=O) groups excluding carboxylic acids is 1. The van der Waals surface area contributed by atoms with Crippen molar-refractivity contribution in [2.75, 3.05) is 11.9 Å². The molecule has 0 spiro atoms. The van der Waals surface area contributed by atoms with Crippen molar-refractivity contribution in [3.05, 3.63) is 114 Å². The van der Waals surface area contributed by atoms with Crippen molar-refractivity contribution in [3.63, 3.8) is 0 Å². The van der Waals surface area contributed by atoms with Gasteiger partial charge in [0.25, 0.3) is 0 Å². The summed E-state index contributed by atoms with van der Waals surface area (Å²) in [4.78, 5) is 19.6. The number of carbonyl (C=O) groups is 1. The lowest BCUT2D eigenvalue weighted by Gasteiger charge is -2.29. The monoisotopic (exact) mass is 495 g/mol. The Bertz CT molecular complexity index is 1350. The molecule has 0 bridgehead atoms. The number of pyridine rings is 1. The fraction of sp³-hybridized carbons (Fsp3) is 0.207. The number of para-hydroxylation sites is 1. The summed E-state index contributed by atoms with van der Waals surface area (Å²) in [5, 5.41) is 7.11. The quantitative estimate of drug-likeness (QED) is 0.332. The first-order valence-electron chi connectivity index (χ1n) is 12.1. The summed E-state index contributed by atoms with van der Waals surface area (Å²) < 4.78 is 2.26. The predicted molar refractivity (Wildman–Crippen MR) is 147 cm³/mol. The minimum atomic E-state index is -0.143. The Morgan fingerprint density at radius 2 is 1.72 bits per heavy atom. The molecule has 3 heterocycles. The van der Waals surface area contributed by atoms with Crippen molar-refractivity contribution < 1.29 is 4.79 Å². The molecule has 1 amide bonds. The first-order chi connectivity index (χ1) is 17.5. The van der Waals surface area contributed by atoms with E-state index >= 15 is 0 Å². The van der Waals surface area contributed by atoms with Gasteiger partial charge in [0.15, 0.2) is 5.11 Å². The van der Waals surface area contributed by atoms with Crippen LogP contribution in [-0.2, 0) is 4.79 Å². The summed E-state index contributed by atoms with van der Waals surface area (Å²) in [7, 11) is 0. The Labute approximate surface area is 217 Å². The molecule has 0 aliphatic carbocycles. The maximum absolute atomic E-state index is 12.8. The number of hydrogen-bond acceptors (Lipinski definition) is 3. The highest BCUT2D eigenvalue weighted by atomic mass is 32.1. The van der Waals surface area contributed by atoms with Crippen LogP contribution >= 0.6 is 12.2 Å². The minimum Gasteiger partial charge on any atom is -0.352 e. The maximum atomic E-state index is 12.8. The Morgan fingerprint density at radius 3 is 2.44 bits per heavy atom. The number of nitrogens with one attached hydrogen (secondary N) is 2. The Morgan fingerprint density at radius 1 is 0.972 bits per heavy atom. The summed E-state index contributed by atoms with van der Waals surface area (Å²) >= 11 is 5.80. The van der Waals surface area contributed by atoms with Crippen LogP contribution < -0.4 is 10.6 Å². The second-order valence-corrected chi connectivity index (χ2v) is 9.44. The van der Waals surface area contributed by atoms with E-state index in [9.17, 15) is 4.79 Å². The first kappa shape index (κ1) is 23.8. The summed E-state index contributed by atoms with van der Waals surface area (Å²) in [5.74, 6) is -0.0451. The van der Waals surface area contributed by atoms with E-state index in [4.69, 9.17) is 12.2 Å². The van der Waals surface area contributed by atoms with E-state index in [2.05, 4.69) is 56.3 Å². The predicted octanol–water partition coefficient (Wildman–Crippen LogP) is 5.49. The van der Waals surface area contributed by atoms with Gasteiger partial charge < -0.3 is 20.1 Å². The second-order valence-electron chi connectivity index (χ2n) is 9.05. The van der Waals surface area contributed by atoms with Crippen LogP contribution in [0.3, 0.4) is 0 Å². The minimum absolute atomic E-state index is 0.0451. The van der Waals surface area contributed by atoms with E-state index in [0.29, 0.717) is 18.1 Å². The van der Waals surface area contributed by atoms with Crippen LogP contribution in [-0.4, -0.2) is 32.0 Å². The van der Waals surface area contributed by atoms with Crippen molar-refractivity contribution in [1.82, 2.24) is 19.8 Å². The molecule has 1 fully saturated rings. The molecule has 4 aromatic rings. The standard InChI is InChI=1S/C29H29N5OS/c1-20-11-14-22(15-12-20)31-26(35)17-19-33-28(27(32-29(33)36)24-10-6-7-18-30-24)25-16-13-21(2)34(25)23-8-4-3-5-9-23/h3-16,18,27-28H,17,19H2,1-2H3,(H,31,35)(H,32,36)/t27-,28+/m1/s1. The average molecular weight is 496 g/mol. The smallest absolute Gasteiger partial charge is 0.226 e. The van der Waals surface area contributed by atoms with Gasteiger partial charge in [0, 0.05) is 41.9 Å². The number of nitrogens with zero attached hydrogens (tertiary/aromatic N) is 3. The van der Waals surface area contributed by atoms with Crippen LogP contribution in [0.4, 0.5) is 5.69 Å². The van der Waals surface area contributed by atoms with Gasteiger partial charge in [-0.2, -0.15) is 0 Å². The Kier molecular flexibility index (Phi) is 6.82. The zero-order chi connectivity index (χ0) is 25.1. The van der Waals surface area contributed by atoms with Crippen LogP contribution in [0.2, 0.25) is 0 Å². The molecule has 2 aromatic carbocycles. The third-order valence-corrected chi connectivity index (χ3v) is 6.89. The highest BCUT2D eigenvalue weighted by molar-refractivity contribution is 7.80. The lowest BCUT2D eigenvalue weighted by atomic mass is 10.0. The zero-order valence-corrected chi connectivity index (χ0v) is 21.2. The van der Waals surface area contributed by atoms with Crippen molar-refractivity contribution in [2.24, 2.45) is 0 Å². The fourth-order valence-corrected chi connectivity index (χ4v) is 5.10. The van der Waals surface area contributed by atoms with Gasteiger partial charge in [-0.25, -0.2) is 0 Å². The van der Waals surface area contributed by atoms with Crippen LogP contribution in [0.5, 0.6) is 0 Å². The molecular formula is C29H29N5OS. The first-order valence-corrected chi connectivity index (χ1v) is 12.5. The highest BCUT2D eigenvalue weighted by Crippen LogP contribution is 2.40. The third-order valence-electron chi connectivity index (χ3n) is 6.54. The molecule has 7 heteroatoms. The Balaban J connectivity index is 1.45. The largest absolute Gasteiger partial charge is 0.352 e. The maximum Gasteiger partial charge on any atom is 0.226 e. The topological polar surface area (TPSA) is 62.2 Å². The molecule has 0 unspecified atom stereocenters. The molecule has 36 heavy (non-hydrogen) atoms. The highest BCUT2D eigenvalue weighted by Gasteiger charge is 2.41. The van der Waals surface area contributed by atoms with Crippen LogP contribution in [0.15, 0.2) is 91.1 Å². The number of aryl methyl sites for hydroxylation is 2. The zero-order valence-electron chi connectivity index (χ0n) is 20.4. The number of anilines is 1. The Hall–Kier alpha value is -3.97. The van der Waals surface area contributed by atoms with Crippen molar-refractivity contribution in [1.29, 1.82) is 0 Å². The summed E-state index contributed by atoms with van der Waals surface area (Å²) in [6.45, 7) is 4.61. The molecular weight excluding hydrogens is 466 g/mol. The van der Waals surface area contributed by atoms with Gasteiger partial charge in [-0.3, -0.25) is 9.78 Å². The van der Waals surface area contributed by atoms with E-state index in [-0.39, 0.29) is 18.0 Å². The SMILES string of the molecule is Cc1ccc(NC(=O)CCN2C(=S)N[C@H](c3ccccn3)[C@@H]2c2ccc(C)n2-c2ccccc2)cc1. The fourth-order valence-electron chi connectivity index (χ4n) is 4.77. The van der Waals surface area contributed by atoms with Crippen LogP contribution in [0.25, 0.3) is 5.69 Å². The summed E-state index contributed by atoms with van der Waals surface area (Å²) in [6, 6.07) is 28.0. The number of amides is 1. The molecule has 6 nitrogen and oxygen atoms in total. The van der Waals surface area contributed by atoms with E-state index in [1.807, 2.05) is 67.6 Å². The summed E-state index contributed by atoms with van der Waals surface area (Å²) in [5.41, 5.74) is 6.18. The van der Waals surface area contributed by atoms with Gasteiger partial charge in [-0.05, 0) is 74.6 Å². The average Bonchev–Trinajstić information content (AvgIpc) is 3.44. The van der Waals surface area contributed by atoms with Gasteiger partial charge in [0.05, 0.1) is 17.8 Å². The normalized spacial score (nSPS) is 17.2. The second kappa shape index (κ2) is 10.3. The third kappa shape index (κ3) is 4.88. The molecule has 1 aliphatic rings. The number of hydrogen-bond donors (Lipinski definition) is 2. The van der Waals surface area contributed by atoms with Crippen molar-refractivity contribution >= 4 is 28.9 Å². The summed E-state index contributed by atoms with van der Waals surface area (Å²) in [6.07, 6.45) is 2.11. The molecule has 0 radical (unpaired) electrons. The van der Waals surface area contributed by atoms with E-state index < -0.39 is 0 Å². The van der Waals surface area contributed by atoms with Gasteiger partial charge in [0.1, 0.15) is 0 Å². The molecule has 1 saturated heterocycles. The molecule has 5 rings (SSSR count). The molecule has 1 aliphatic heterocycles. The molecule has 2 aromatic heterocycles. The molecule has 182 valence electrons. The van der Waals surface area contributed by atoms with Gasteiger partial charge in [-0.15, -0.1) is 0 Å². The van der Waals surface area contributed by atoms with E-state index in [0.717, 1.165) is 34.0 Å². The number of benzene rings is 2. The van der Waals surface area contributed by atoms with Crippen LogP contribution in [0.1, 0.15) is 41.1 Å². The van der Waals surface area contributed by atoms with E-state index in [1.54, 1.807) is 6.20 Å². The number of thiocarbonyl (C=S) groups is 1. The molecule has 2 atom stereocenters. The lowest BCUT2D eigenvalue weighted by Crippen LogP contribution is -2.33. The van der Waals surface area contributed by atoms with Gasteiger partial charge in [0.2, 0.25) is 5.91 Å². The lowest BCUT2D eigenvalue weighted by molar-refractivity contribution is -0.116. The molecule has 0 saturated carbocycles. The van der Waals surface area contributed by atoms with Gasteiger partial charge in [-0.1, -0.05) is 42.0 Å². The number of rotatable bonds is 7. The van der Waals surface area contributed by atoms with Crippen LogP contribution in [0, 0.1) is 13.8 Å². The molecule has 2 N–H and O–H groups in total.